The zero-order valence-electron chi connectivity index (χ0n) is 14.1. The summed E-state index contributed by atoms with van der Waals surface area (Å²) in [6, 6.07) is 7.44. The van der Waals surface area contributed by atoms with Crippen LogP contribution in [0.25, 0.3) is 0 Å². The number of amides is 1. The summed E-state index contributed by atoms with van der Waals surface area (Å²) in [5.74, 6) is 1.30. The molecule has 2 saturated heterocycles. The number of ether oxygens (including phenoxy) is 1. The Kier molecular flexibility index (Phi) is 4.81. The standard InChI is InChI=1S/C19H23N3O3/c23-19(14-4-1-7-20-10-14)21-17-13-22(12-16-6-3-8-24-16)11-15-5-2-9-25-18(15)17/h1,3-4,6-8,10,15,17-18H,2,5,9,11-13H2,(H,21,23)/t15-,17+,18-/m0/s1. The molecule has 2 aromatic rings. The highest BCUT2D eigenvalue weighted by Crippen LogP contribution is 2.29. The van der Waals surface area contributed by atoms with Crippen molar-refractivity contribution in [3.05, 3.63) is 54.2 Å². The predicted molar refractivity (Wildman–Crippen MR) is 91.9 cm³/mol. The highest BCUT2D eigenvalue weighted by atomic mass is 16.5. The number of piperidine rings is 1. The van der Waals surface area contributed by atoms with Gasteiger partial charge in [-0.05, 0) is 43.0 Å². The third-order valence-corrected chi connectivity index (χ3v) is 5.04. The number of carbonyl (C=O) groups excluding carboxylic acids is 1. The third-order valence-electron chi connectivity index (χ3n) is 5.04. The van der Waals surface area contributed by atoms with Crippen LogP contribution < -0.4 is 5.32 Å². The molecular formula is C19H23N3O3. The maximum Gasteiger partial charge on any atom is 0.253 e. The van der Waals surface area contributed by atoms with Crippen LogP contribution >= 0.6 is 0 Å². The van der Waals surface area contributed by atoms with Crippen molar-refractivity contribution in [3.63, 3.8) is 0 Å². The number of likely N-dealkylation sites (tertiary alicyclic amines) is 1. The van der Waals surface area contributed by atoms with Gasteiger partial charge >= 0.3 is 0 Å². The molecular weight excluding hydrogens is 318 g/mol. The van der Waals surface area contributed by atoms with E-state index >= 15 is 0 Å². The average molecular weight is 341 g/mol. The second-order valence-electron chi connectivity index (χ2n) is 6.83. The van der Waals surface area contributed by atoms with Gasteiger partial charge in [-0.2, -0.15) is 0 Å². The van der Waals surface area contributed by atoms with Gasteiger partial charge < -0.3 is 14.5 Å². The molecule has 2 fully saturated rings. The van der Waals surface area contributed by atoms with Gasteiger partial charge in [0.2, 0.25) is 0 Å². The van der Waals surface area contributed by atoms with E-state index in [1.165, 1.54) is 0 Å². The smallest absolute Gasteiger partial charge is 0.253 e. The minimum Gasteiger partial charge on any atom is -0.468 e. The molecule has 3 atom stereocenters. The summed E-state index contributed by atoms with van der Waals surface area (Å²) in [5.41, 5.74) is 0.581. The fourth-order valence-electron chi connectivity index (χ4n) is 3.92. The minimum atomic E-state index is -0.0918. The maximum absolute atomic E-state index is 12.6. The zero-order chi connectivity index (χ0) is 17.1. The molecule has 0 radical (unpaired) electrons. The molecule has 6 heteroatoms. The Morgan fingerprint density at radius 1 is 1.32 bits per heavy atom. The van der Waals surface area contributed by atoms with Crippen LogP contribution in [0.1, 0.15) is 29.0 Å². The molecule has 2 aliphatic rings. The van der Waals surface area contributed by atoms with Crippen LogP contribution in [-0.4, -0.2) is 47.6 Å². The van der Waals surface area contributed by atoms with Crippen LogP contribution in [0, 0.1) is 5.92 Å². The SMILES string of the molecule is O=C(N[C@@H]1CN(Cc2ccco2)C[C@@H]2CCCO[C@@H]21)c1cccnc1. The van der Waals surface area contributed by atoms with Crippen LogP contribution in [0.3, 0.4) is 0 Å². The van der Waals surface area contributed by atoms with Crippen molar-refractivity contribution >= 4 is 5.91 Å². The van der Waals surface area contributed by atoms with Gasteiger partial charge in [-0.3, -0.25) is 14.7 Å². The molecule has 0 bridgehead atoms. The van der Waals surface area contributed by atoms with Gasteiger partial charge in [0.05, 0.1) is 30.5 Å². The zero-order valence-corrected chi connectivity index (χ0v) is 14.1. The number of nitrogens with one attached hydrogen (secondary N) is 1. The second kappa shape index (κ2) is 7.37. The molecule has 132 valence electrons. The van der Waals surface area contributed by atoms with E-state index in [1.807, 2.05) is 12.1 Å². The summed E-state index contributed by atoms with van der Waals surface area (Å²) in [7, 11) is 0. The van der Waals surface area contributed by atoms with Crippen molar-refractivity contribution in [2.45, 2.75) is 31.5 Å². The first-order valence-corrected chi connectivity index (χ1v) is 8.87. The van der Waals surface area contributed by atoms with Crippen LogP contribution in [0.5, 0.6) is 0 Å². The first kappa shape index (κ1) is 16.3. The van der Waals surface area contributed by atoms with Crippen LogP contribution in [0.2, 0.25) is 0 Å². The third kappa shape index (κ3) is 3.75. The molecule has 4 heterocycles. The Bertz CT molecular complexity index is 689. The van der Waals surface area contributed by atoms with E-state index in [2.05, 4.69) is 15.2 Å². The number of carbonyl (C=O) groups is 1. The number of hydrogen-bond donors (Lipinski definition) is 1. The molecule has 1 N–H and O–H groups in total. The van der Waals surface area contributed by atoms with Gasteiger partial charge in [0, 0.05) is 32.1 Å². The lowest BCUT2D eigenvalue weighted by atomic mass is 9.85. The number of rotatable bonds is 4. The van der Waals surface area contributed by atoms with Crippen LogP contribution in [0.4, 0.5) is 0 Å². The van der Waals surface area contributed by atoms with Gasteiger partial charge in [-0.15, -0.1) is 0 Å². The average Bonchev–Trinajstić information content (AvgIpc) is 3.15. The fraction of sp³-hybridized carbons (Fsp3) is 0.474. The van der Waals surface area contributed by atoms with Gasteiger partial charge in [-0.25, -0.2) is 0 Å². The Morgan fingerprint density at radius 2 is 2.28 bits per heavy atom. The molecule has 0 spiro atoms. The molecule has 4 rings (SSSR count). The molecule has 0 aliphatic carbocycles. The topological polar surface area (TPSA) is 67.6 Å². The Morgan fingerprint density at radius 3 is 3.08 bits per heavy atom. The highest BCUT2D eigenvalue weighted by molar-refractivity contribution is 5.94. The molecule has 2 aliphatic heterocycles. The number of nitrogens with zero attached hydrogens (tertiary/aromatic N) is 2. The van der Waals surface area contributed by atoms with E-state index in [9.17, 15) is 4.79 Å². The van der Waals surface area contributed by atoms with E-state index in [1.54, 1.807) is 30.8 Å². The maximum atomic E-state index is 12.6. The summed E-state index contributed by atoms with van der Waals surface area (Å²) in [6.45, 7) is 3.27. The van der Waals surface area contributed by atoms with E-state index < -0.39 is 0 Å². The van der Waals surface area contributed by atoms with Crippen molar-refractivity contribution in [1.82, 2.24) is 15.2 Å². The van der Waals surface area contributed by atoms with Crippen molar-refractivity contribution in [1.29, 1.82) is 0 Å². The molecule has 0 saturated carbocycles. The Labute approximate surface area is 147 Å². The normalized spacial score (nSPS) is 26.8. The van der Waals surface area contributed by atoms with Crippen molar-refractivity contribution in [3.8, 4) is 0 Å². The van der Waals surface area contributed by atoms with E-state index in [0.717, 1.165) is 44.8 Å². The number of aromatic nitrogens is 1. The largest absolute Gasteiger partial charge is 0.468 e. The molecule has 1 amide bonds. The fourth-order valence-corrected chi connectivity index (χ4v) is 3.92. The monoisotopic (exact) mass is 341 g/mol. The number of fused-ring (bicyclic) bond motifs is 1. The number of hydrogen-bond acceptors (Lipinski definition) is 5. The predicted octanol–water partition coefficient (Wildman–Crippen LogP) is 2.08. The highest BCUT2D eigenvalue weighted by Gasteiger charge is 2.40. The van der Waals surface area contributed by atoms with Crippen molar-refractivity contribution in [2.24, 2.45) is 5.92 Å². The second-order valence-corrected chi connectivity index (χ2v) is 6.83. The summed E-state index contributed by atoms with van der Waals surface area (Å²) in [4.78, 5) is 18.9. The molecule has 2 aromatic heterocycles. The molecule has 0 unspecified atom stereocenters. The van der Waals surface area contributed by atoms with Crippen molar-refractivity contribution < 1.29 is 13.9 Å². The lowest BCUT2D eigenvalue weighted by molar-refractivity contribution is -0.0855. The van der Waals surface area contributed by atoms with Gasteiger partial charge in [0.15, 0.2) is 0 Å². The van der Waals surface area contributed by atoms with E-state index in [0.29, 0.717) is 11.5 Å². The van der Waals surface area contributed by atoms with Gasteiger partial charge in [-0.1, -0.05) is 0 Å². The number of furan rings is 1. The summed E-state index contributed by atoms with van der Waals surface area (Å²) in [5, 5.41) is 3.17. The van der Waals surface area contributed by atoms with Crippen LogP contribution in [0.15, 0.2) is 47.3 Å². The molecule has 0 aromatic carbocycles. The Balaban J connectivity index is 1.48. The van der Waals surface area contributed by atoms with Crippen LogP contribution in [-0.2, 0) is 11.3 Å². The van der Waals surface area contributed by atoms with Gasteiger partial charge in [0.1, 0.15) is 5.76 Å². The van der Waals surface area contributed by atoms with Gasteiger partial charge in [0.25, 0.3) is 5.91 Å². The van der Waals surface area contributed by atoms with E-state index in [4.69, 9.17) is 9.15 Å². The van der Waals surface area contributed by atoms with Crippen molar-refractivity contribution in [2.75, 3.05) is 19.7 Å². The first-order chi connectivity index (χ1) is 12.3. The summed E-state index contributed by atoms with van der Waals surface area (Å²) < 4.78 is 11.5. The lowest BCUT2D eigenvalue weighted by Gasteiger charge is -2.45. The minimum absolute atomic E-state index is 0.0262. The molecule has 6 nitrogen and oxygen atoms in total. The van der Waals surface area contributed by atoms with E-state index in [-0.39, 0.29) is 18.1 Å². The summed E-state index contributed by atoms with van der Waals surface area (Å²) >= 11 is 0. The quantitative estimate of drug-likeness (QED) is 0.922. The lowest BCUT2D eigenvalue weighted by Crippen LogP contribution is -2.60. The Hall–Kier alpha value is -2.18. The number of pyridine rings is 1. The first-order valence-electron chi connectivity index (χ1n) is 8.87. The summed E-state index contributed by atoms with van der Waals surface area (Å²) in [6.07, 6.45) is 7.27. The molecule has 25 heavy (non-hydrogen) atoms.